The van der Waals surface area contributed by atoms with Gasteiger partial charge in [0.1, 0.15) is 17.1 Å². The molecule has 3 aromatic carbocycles. The van der Waals surface area contributed by atoms with Crippen LogP contribution in [-0.2, 0) is 0 Å². The van der Waals surface area contributed by atoms with E-state index in [1.165, 1.54) is 12.1 Å². The van der Waals surface area contributed by atoms with Gasteiger partial charge in [-0.25, -0.2) is 9.37 Å². The molecule has 4 aromatic rings. The number of fused-ring (bicyclic) bond motifs is 1. The van der Waals surface area contributed by atoms with E-state index >= 15 is 0 Å². The second kappa shape index (κ2) is 6.48. The Balaban J connectivity index is 1.98. The molecule has 0 aliphatic carbocycles. The first-order valence-corrected chi connectivity index (χ1v) is 8.73. The number of oxazole rings is 1. The summed E-state index contributed by atoms with van der Waals surface area (Å²) in [5.41, 5.74) is 4.03. The second-order valence-corrected chi connectivity index (χ2v) is 6.66. The SMILES string of the molecule is COc1cccc(-c2ccc(F)cc2)c1-c1nc2c(I)cccc2o1. The molecule has 0 atom stereocenters. The van der Waals surface area contributed by atoms with Gasteiger partial charge < -0.3 is 9.15 Å². The first-order chi connectivity index (χ1) is 12.2. The Morgan fingerprint density at radius 3 is 2.48 bits per heavy atom. The van der Waals surface area contributed by atoms with Gasteiger partial charge in [-0.3, -0.25) is 0 Å². The lowest BCUT2D eigenvalue weighted by Crippen LogP contribution is -1.92. The highest BCUT2D eigenvalue weighted by atomic mass is 127. The molecular formula is C20H13FINO2. The Hall–Kier alpha value is -2.41. The van der Waals surface area contributed by atoms with Crippen LogP contribution in [0.25, 0.3) is 33.7 Å². The summed E-state index contributed by atoms with van der Waals surface area (Å²) in [4.78, 5) is 4.67. The van der Waals surface area contributed by atoms with Crippen molar-refractivity contribution in [3.63, 3.8) is 0 Å². The van der Waals surface area contributed by atoms with Gasteiger partial charge in [0.15, 0.2) is 5.58 Å². The van der Waals surface area contributed by atoms with E-state index in [1.807, 2.05) is 36.4 Å². The van der Waals surface area contributed by atoms with E-state index in [2.05, 4.69) is 27.6 Å². The molecule has 5 heteroatoms. The number of nitrogens with zero attached hydrogens (tertiary/aromatic N) is 1. The fourth-order valence-corrected chi connectivity index (χ4v) is 3.41. The van der Waals surface area contributed by atoms with Crippen molar-refractivity contribution in [2.45, 2.75) is 0 Å². The third-order valence-electron chi connectivity index (χ3n) is 3.98. The maximum atomic E-state index is 13.3. The average molecular weight is 445 g/mol. The van der Waals surface area contributed by atoms with Crippen LogP contribution in [0.15, 0.2) is 65.1 Å². The third-order valence-corrected chi connectivity index (χ3v) is 4.86. The van der Waals surface area contributed by atoms with E-state index < -0.39 is 0 Å². The molecule has 25 heavy (non-hydrogen) atoms. The van der Waals surface area contributed by atoms with Crippen molar-refractivity contribution in [3.8, 4) is 28.3 Å². The third kappa shape index (κ3) is 2.89. The topological polar surface area (TPSA) is 35.3 Å². The lowest BCUT2D eigenvalue weighted by Gasteiger charge is -2.11. The van der Waals surface area contributed by atoms with E-state index in [9.17, 15) is 4.39 Å². The summed E-state index contributed by atoms with van der Waals surface area (Å²) in [7, 11) is 1.61. The van der Waals surface area contributed by atoms with E-state index in [0.29, 0.717) is 11.6 Å². The number of para-hydroxylation sites is 1. The molecule has 1 aromatic heterocycles. The standard InChI is InChI=1S/C20H13FINO2/c1-24-16-6-2-4-14(12-8-10-13(21)11-9-12)18(16)20-23-19-15(22)5-3-7-17(19)25-20/h2-11H,1H3. The van der Waals surface area contributed by atoms with E-state index in [4.69, 9.17) is 9.15 Å². The highest BCUT2D eigenvalue weighted by molar-refractivity contribution is 14.1. The van der Waals surface area contributed by atoms with Crippen LogP contribution in [0.3, 0.4) is 0 Å². The number of rotatable bonds is 3. The number of benzene rings is 3. The molecule has 0 radical (unpaired) electrons. The van der Waals surface area contributed by atoms with Crippen molar-refractivity contribution in [1.29, 1.82) is 0 Å². The smallest absolute Gasteiger partial charge is 0.231 e. The van der Waals surface area contributed by atoms with Crippen LogP contribution in [-0.4, -0.2) is 12.1 Å². The Kier molecular flexibility index (Phi) is 4.17. The van der Waals surface area contributed by atoms with Gasteiger partial charge in [-0.05, 0) is 64.0 Å². The molecule has 0 saturated carbocycles. The van der Waals surface area contributed by atoms with E-state index in [0.717, 1.165) is 31.4 Å². The Morgan fingerprint density at radius 2 is 1.76 bits per heavy atom. The summed E-state index contributed by atoms with van der Waals surface area (Å²) in [6.45, 7) is 0. The Labute approximate surface area is 157 Å². The molecule has 0 fully saturated rings. The number of ether oxygens (including phenoxy) is 1. The molecular weight excluding hydrogens is 432 g/mol. The van der Waals surface area contributed by atoms with Gasteiger partial charge in [0.2, 0.25) is 5.89 Å². The molecule has 3 nitrogen and oxygen atoms in total. The van der Waals surface area contributed by atoms with Crippen molar-refractivity contribution in [2.24, 2.45) is 0 Å². The Bertz CT molecular complexity index is 1060. The summed E-state index contributed by atoms with van der Waals surface area (Å²) in [5.74, 6) is 0.865. The minimum Gasteiger partial charge on any atom is -0.496 e. The maximum absolute atomic E-state index is 13.3. The molecule has 0 bridgehead atoms. The summed E-state index contributed by atoms with van der Waals surface area (Å²) < 4.78 is 25.8. The number of methoxy groups -OCH3 is 1. The summed E-state index contributed by atoms with van der Waals surface area (Å²) in [6, 6.07) is 17.9. The molecule has 1 heterocycles. The minimum atomic E-state index is -0.274. The minimum absolute atomic E-state index is 0.274. The van der Waals surface area contributed by atoms with Crippen molar-refractivity contribution >= 4 is 33.7 Å². The fraction of sp³-hybridized carbons (Fsp3) is 0.0500. The van der Waals surface area contributed by atoms with Crippen molar-refractivity contribution < 1.29 is 13.5 Å². The quantitative estimate of drug-likeness (QED) is 0.368. The fourth-order valence-electron chi connectivity index (χ4n) is 2.81. The maximum Gasteiger partial charge on any atom is 0.231 e. The van der Waals surface area contributed by atoms with Crippen LogP contribution in [0.2, 0.25) is 0 Å². The number of aromatic nitrogens is 1. The van der Waals surface area contributed by atoms with Crippen molar-refractivity contribution in [3.05, 3.63) is 70.1 Å². The van der Waals surface area contributed by atoms with Crippen LogP contribution in [0, 0.1) is 9.39 Å². The first kappa shape index (κ1) is 16.1. The average Bonchev–Trinajstić information content (AvgIpc) is 3.07. The van der Waals surface area contributed by atoms with Crippen LogP contribution in [0.4, 0.5) is 4.39 Å². The van der Waals surface area contributed by atoms with Gasteiger partial charge in [-0.2, -0.15) is 0 Å². The van der Waals surface area contributed by atoms with Crippen LogP contribution >= 0.6 is 22.6 Å². The van der Waals surface area contributed by atoms with Gasteiger partial charge in [0.25, 0.3) is 0 Å². The molecule has 0 aliphatic heterocycles. The molecule has 0 spiro atoms. The number of halogens is 2. The zero-order chi connectivity index (χ0) is 17.4. The normalized spacial score (nSPS) is 11.0. The summed E-state index contributed by atoms with van der Waals surface area (Å²) in [6.07, 6.45) is 0. The Morgan fingerprint density at radius 1 is 1.00 bits per heavy atom. The summed E-state index contributed by atoms with van der Waals surface area (Å²) in [5, 5.41) is 0. The van der Waals surface area contributed by atoms with E-state index in [-0.39, 0.29) is 5.82 Å². The number of hydrogen-bond donors (Lipinski definition) is 0. The first-order valence-electron chi connectivity index (χ1n) is 7.66. The van der Waals surface area contributed by atoms with Crippen LogP contribution < -0.4 is 4.74 Å². The van der Waals surface area contributed by atoms with Gasteiger partial charge in [0.05, 0.1) is 12.7 Å². The lowest BCUT2D eigenvalue weighted by molar-refractivity contribution is 0.415. The van der Waals surface area contributed by atoms with Crippen molar-refractivity contribution in [2.75, 3.05) is 7.11 Å². The molecule has 0 amide bonds. The van der Waals surface area contributed by atoms with Gasteiger partial charge in [-0.15, -0.1) is 0 Å². The molecule has 0 aliphatic rings. The zero-order valence-electron chi connectivity index (χ0n) is 13.3. The number of hydrogen-bond acceptors (Lipinski definition) is 3. The van der Waals surface area contributed by atoms with Gasteiger partial charge >= 0.3 is 0 Å². The monoisotopic (exact) mass is 445 g/mol. The lowest BCUT2D eigenvalue weighted by atomic mass is 9.98. The van der Waals surface area contributed by atoms with Gasteiger partial charge in [-0.1, -0.05) is 30.3 Å². The predicted molar refractivity (Wildman–Crippen MR) is 104 cm³/mol. The van der Waals surface area contributed by atoms with E-state index in [1.54, 1.807) is 19.2 Å². The summed E-state index contributed by atoms with van der Waals surface area (Å²) >= 11 is 2.24. The highest BCUT2D eigenvalue weighted by Crippen LogP contribution is 2.40. The zero-order valence-corrected chi connectivity index (χ0v) is 15.5. The molecule has 124 valence electrons. The largest absolute Gasteiger partial charge is 0.496 e. The molecule has 0 unspecified atom stereocenters. The second-order valence-electron chi connectivity index (χ2n) is 5.50. The van der Waals surface area contributed by atoms with Gasteiger partial charge in [0, 0.05) is 3.57 Å². The molecule has 4 rings (SSSR count). The van der Waals surface area contributed by atoms with Crippen LogP contribution in [0.5, 0.6) is 5.75 Å². The molecule has 0 saturated heterocycles. The highest BCUT2D eigenvalue weighted by Gasteiger charge is 2.19. The van der Waals surface area contributed by atoms with Crippen LogP contribution in [0.1, 0.15) is 0 Å². The molecule has 0 N–H and O–H groups in total. The van der Waals surface area contributed by atoms with Crippen molar-refractivity contribution in [1.82, 2.24) is 4.98 Å². The predicted octanol–water partition coefficient (Wildman–Crippen LogP) is 5.91.